The Kier molecular flexibility index (Phi) is 4.23. The summed E-state index contributed by atoms with van der Waals surface area (Å²) in [5, 5.41) is 0. The number of hydrogen-bond donors (Lipinski definition) is 1. The lowest BCUT2D eigenvalue weighted by Gasteiger charge is -2.19. The number of carbonyl (C=O) groups excluding carboxylic acids is 1. The summed E-state index contributed by atoms with van der Waals surface area (Å²) >= 11 is 0. The number of nitrogen functional groups attached to an aromatic ring is 1. The van der Waals surface area contributed by atoms with E-state index >= 15 is 0 Å². The summed E-state index contributed by atoms with van der Waals surface area (Å²) in [5.74, 6) is 0.724. The van der Waals surface area contributed by atoms with Gasteiger partial charge in [-0.25, -0.2) is 9.78 Å². The van der Waals surface area contributed by atoms with Crippen molar-refractivity contribution in [2.45, 2.75) is 45.4 Å². The molecule has 2 rings (SSSR count). The highest BCUT2D eigenvalue weighted by Crippen LogP contribution is 2.27. The molecule has 0 saturated heterocycles. The first-order valence-corrected chi connectivity index (χ1v) is 6.63. The number of anilines is 1. The van der Waals surface area contributed by atoms with Crippen LogP contribution < -0.4 is 5.73 Å². The SMILES string of the molecule is CCOC(=O)c1nc(CC2CCCCC2)oc1N. The third kappa shape index (κ3) is 3.03. The number of rotatable bonds is 4. The Hall–Kier alpha value is -1.52. The molecule has 1 aromatic rings. The first-order chi connectivity index (χ1) is 8.70. The minimum absolute atomic E-state index is 0.0688. The number of ether oxygens (including phenoxy) is 1. The van der Waals surface area contributed by atoms with Crippen LogP contribution in [-0.2, 0) is 11.2 Å². The molecule has 18 heavy (non-hydrogen) atoms. The fourth-order valence-electron chi connectivity index (χ4n) is 2.45. The van der Waals surface area contributed by atoms with Gasteiger partial charge in [-0.15, -0.1) is 0 Å². The third-order valence-corrected chi connectivity index (χ3v) is 3.35. The molecule has 5 nitrogen and oxygen atoms in total. The Morgan fingerprint density at radius 3 is 2.83 bits per heavy atom. The molecular weight excluding hydrogens is 232 g/mol. The number of oxazole rings is 1. The van der Waals surface area contributed by atoms with E-state index in [-0.39, 0.29) is 11.6 Å². The minimum atomic E-state index is -0.506. The predicted molar refractivity (Wildman–Crippen MR) is 67.2 cm³/mol. The second-order valence-electron chi connectivity index (χ2n) is 4.75. The normalized spacial score (nSPS) is 16.7. The summed E-state index contributed by atoms with van der Waals surface area (Å²) < 4.78 is 10.2. The molecule has 0 atom stereocenters. The molecule has 0 bridgehead atoms. The lowest BCUT2D eigenvalue weighted by Crippen LogP contribution is -2.10. The van der Waals surface area contributed by atoms with Crippen LogP contribution in [0.25, 0.3) is 0 Å². The maximum Gasteiger partial charge on any atom is 0.362 e. The molecule has 1 aromatic heterocycles. The smallest absolute Gasteiger partial charge is 0.362 e. The first kappa shape index (κ1) is 12.9. The molecule has 0 aliphatic heterocycles. The molecule has 0 amide bonds. The van der Waals surface area contributed by atoms with Crippen LogP contribution in [0.15, 0.2) is 4.42 Å². The van der Waals surface area contributed by atoms with Gasteiger partial charge in [0.2, 0.25) is 11.6 Å². The number of aromatic nitrogens is 1. The second-order valence-corrected chi connectivity index (χ2v) is 4.75. The zero-order valence-corrected chi connectivity index (χ0v) is 10.8. The summed E-state index contributed by atoms with van der Waals surface area (Å²) in [4.78, 5) is 15.7. The number of nitrogens with two attached hydrogens (primary N) is 1. The van der Waals surface area contributed by atoms with E-state index in [2.05, 4.69) is 4.98 Å². The zero-order valence-electron chi connectivity index (χ0n) is 10.8. The largest absolute Gasteiger partial charge is 0.461 e. The van der Waals surface area contributed by atoms with E-state index in [9.17, 15) is 4.79 Å². The number of carbonyl (C=O) groups is 1. The van der Waals surface area contributed by atoms with Gasteiger partial charge in [0.1, 0.15) is 0 Å². The van der Waals surface area contributed by atoms with Gasteiger partial charge in [-0.3, -0.25) is 0 Å². The molecule has 2 N–H and O–H groups in total. The first-order valence-electron chi connectivity index (χ1n) is 6.63. The maximum absolute atomic E-state index is 11.5. The molecule has 0 aromatic carbocycles. The molecule has 5 heteroatoms. The van der Waals surface area contributed by atoms with E-state index < -0.39 is 5.97 Å². The average molecular weight is 252 g/mol. The second kappa shape index (κ2) is 5.89. The van der Waals surface area contributed by atoms with Crippen molar-refractivity contribution in [3.8, 4) is 0 Å². The standard InChI is InChI=1S/C13H20N2O3/c1-2-17-13(16)11-12(14)18-10(15-11)8-9-6-4-3-5-7-9/h9H,2-8,14H2,1H3. The highest BCUT2D eigenvalue weighted by Gasteiger charge is 2.22. The molecule has 0 unspecified atom stereocenters. The fraction of sp³-hybridized carbons (Fsp3) is 0.692. The van der Waals surface area contributed by atoms with Gasteiger partial charge in [-0.2, -0.15) is 0 Å². The Morgan fingerprint density at radius 1 is 1.44 bits per heavy atom. The van der Waals surface area contributed by atoms with Crippen molar-refractivity contribution in [3.63, 3.8) is 0 Å². The van der Waals surface area contributed by atoms with Gasteiger partial charge < -0.3 is 14.9 Å². The fourth-order valence-corrected chi connectivity index (χ4v) is 2.45. The van der Waals surface area contributed by atoms with Crippen molar-refractivity contribution in [1.82, 2.24) is 4.98 Å². The summed E-state index contributed by atoms with van der Waals surface area (Å²) in [6, 6.07) is 0. The van der Waals surface area contributed by atoms with Gasteiger partial charge in [-0.05, 0) is 25.7 Å². The average Bonchev–Trinajstić information content (AvgIpc) is 2.72. The quantitative estimate of drug-likeness (QED) is 0.833. The van der Waals surface area contributed by atoms with Crippen molar-refractivity contribution in [2.24, 2.45) is 5.92 Å². The van der Waals surface area contributed by atoms with Crippen molar-refractivity contribution in [3.05, 3.63) is 11.6 Å². The molecule has 1 aliphatic carbocycles. The van der Waals surface area contributed by atoms with Crippen molar-refractivity contribution in [2.75, 3.05) is 12.3 Å². The van der Waals surface area contributed by atoms with Gasteiger partial charge in [-0.1, -0.05) is 19.3 Å². The molecule has 1 fully saturated rings. The summed E-state index contributed by atoms with van der Waals surface area (Å²) in [6.07, 6.45) is 7.03. The molecular formula is C13H20N2O3. The van der Waals surface area contributed by atoms with Gasteiger partial charge >= 0.3 is 5.97 Å². The van der Waals surface area contributed by atoms with Gasteiger partial charge in [0.25, 0.3) is 0 Å². The minimum Gasteiger partial charge on any atom is -0.461 e. The Bertz CT molecular complexity index is 408. The molecule has 0 radical (unpaired) electrons. The highest BCUT2D eigenvalue weighted by molar-refractivity contribution is 5.91. The lowest BCUT2D eigenvalue weighted by molar-refractivity contribution is 0.0521. The van der Waals surface area contributed by atoms with Crippen LogP contribution in [0.4, 0.5) is 5.88 Å². The van der Waals surface area contributed by atoms with E-state index in [0.717, 1.165) is 6.42 Å². The molecule has 1 saturated carbocycles. The van der Waals surface area contributed by atoms with Crippen molar-refractivity contribution < 1.29 is 13.9 Å². The number of nitrogens with zero attached hydrogens (tertiary/aromatic N) is 1. The van der Waals surface area contributed by atoms with E-state index in [1.54, 1.807) is 6.92 Å². The van der Waals surface area contributed by atoms with Crippen LogP contribution in [0.3, 0.4) is 0 Å². The van der Waals surface area contributed by atoms with Crippen LogP contribution in [0.1, 0.15) is 55.4 Å². The van der Waals surface area contributed by atoms with Crippen LogP contribution in [0.2, 0.25) is 0 Å². The van der Waals surface area contributed by atoms with Gasteiger partial charge in [0, 0.05) is 6.42 Å². The molecule has 1 heterocycles. The van der Waals surface area contributed by atoms with E-state index in [4.69, 9.17) is 14.9 Å². The number of esters is 1. The predicted octanol–water partition coefficient (Wildman–Crippen LogP) is 2.56. The lowest BCUT2D eigenvalue weighted by atomic mass is 9.87. The van der Waals surface area contributed by atoms with E-state index in [0.29, 0.717) is 18.4 Å². The van der Waals surface area contributed by atoms with Crippen molar-refractivity contribution in [1.29, 1.82) is 0 Å². The van der Waals surface area contributed by atoms with Crippen LogP contribution in [0.5, 0.6) is 0 Å². The summed E-state index contributed by atoms with van der Waals surface area (Å²) in [7, 11) is 0. The zero-order chi connectivity index (χ0) is 13.0. The van der Waals surface area contributed by atoms with Crippen LogP contribution in [0, 0.1) is 5.92 Å². The molecule has 0 spiro atoms. The van der Waals surface area contributed by atoms with E-state index in [1.807, 2.05) is 0 Å². The van der Waals surface area contributed by atoms with Crippen LogP contribution in [-0.4, -0.2) is 17.6 Å². The Morgan fingerprint density at radius 2 is 2.17 bits per heavy atom. The third-order valence-electron chi connectivity index (χ3n) is 3.35. The Balaban J connectivity index is 2.01. The summed E-state index contributed by atoms with van der Waals surface area (Å²) in [5.41, 5.74) is 5.76. The Labute approximate surface area is 107 Å². The molecule has 100 valence electrons. The summed E-state index contributed by atoms with van der Waals surface area (Å²) in [6.45, 7) is 2.06. The van der Waals surface area contributed by atoms with Crippen molar-refractivity contribution >= 4 is 11.9 Å². The number of hydrogen-bond acceptors (Lipinski definition) is 5. The molecule has 1 aliphatic rings. The van der Waals surface area contributed by atoms with Crippen LogP contribution >= 0.6 is 0 Å². The van der Waals surface area contributed by atoms with Gasteiger partial charge in [0.15, 0.2) is 5.89 Å². The topological polar surface area (TPSA) is 78.3 Å². The van der Waals surface area contributed by atoms with E-state index in [1.165, 1.54) is 32.1 Å². The van der Waals surface area contributed by atoms with Gasteiger partial charge in [0.05, 0.1) is 6.61 Å². The monoisotopic (exact) mass is 252 g/mol. The highest BCUT2D eigenvalue weighted by atomic mass is 16.5. The maximum atomic E-state index is 11.5.